The van der Waals surface area contributed by atoms with Gasteiger partial charge < -0.3 is 9.64 Å². The number of hydrogen-bond acceptors (Lipinski definition) is 2. The first kappa shape index (κ1) is 18.6. The van der Waals surface area contributed by atoms with E-state index in [1.54, 1.807) is 7.11 Å². The minimum Gasteiger partial charge on any atom is -0.497 e. The Morgan fingerprint density at radius 2 is 1.68 bits per heavy atom. The van der Waals surface area contributed by atoms with E-state index in [4.69, 9.17) is 4.74 Å². The van der Waals surface area contributed by atoms with Crippen molar-refractivity contribution in [3.63, 3.8) is 0 Å². The normalized spacial score (nSPS) is 15.9. The van der Waals surface area contributed by atoms with Crippen LogP contribution >= 0.6 is 0 Å². The number of anilines is 2. The number of ether oxygens (including phenoxy) is 1. The van der Waals surface area contributed by atoms with Gasteiger partial charge in [0, 0.05) is 11.4 Å². The van der Waals surface area contributed by atoms with Gasteiger partial charge in [-0.3, -0.25) is 0 Å². The van der Waals surface area contributed by atoms with E-state index in [-0.39, 0.29) is 0 Å². The molecule has 0 saturated carbocycles. The number of aryl methyl sites for hydroxylation is 2. The van der Waals surface area contributed by atoms with Gasteiger partial charge in [0.1, 0.15) is 5.75 Å². The molecule has 28 heavy (non-hydrogen) atoms. The molecule has 2 nitrogen and oxygen atoms in total. The highest BCUT2D eigenvalue weighted by molar-refractivity contribution is 5.70. The van der Waals surface area contributed by atoms with Gasteiger partial charge in [-0.2, -0.15) is 0 Å². The number of nitrogens with zero attached hydrogens (tertiary/aromatic N) is 1. The molecule has 0 spiro atoms. The highest BCUT2D eigenvalue weighted by Gasteiger charge is 2.28. The predicted molar refractivity (Wildman–Crippen MR) is 118 cm³/mol. The Kier molecular flexibility index (Phi) is 5.66. The van der Waals surface area contributed by atoms with Crippen molar-refractivity contribution < 1.29 is 4.74 Å². The van der Waals surface area contributed by atoms with E-state index in [2.05, 4.69) is 84.6 Å². The third-order valence-corrected chi connectivity index (χ3v) is 5.78. The second-order valence-corrected chi connectivity index (χ2v) is 7.60. The molecule has 2 heteroatoms. The summed E-state index contributed by atoms with van der Waals surface area (Å²) in [6, 6.07) is 26.9. The highest BCUT2D eigenvalue weighted by Crippen LogP contribution is 2.43. The lowest BCUT2D eigenvalue weighted by atomic mass is 9.90. The third kappa shape index (κ3) is 3.77. The topological polar surface area (TPSA) is 12.5 Å². The number of fused-ring (bicyclic) bond motifs is 1. The summed E-state index contributed by atoms with van der Waals surface area (Å²) in [6.07, 6.45) is 5.91. The summed E-state index contributed by atoms with van der Waals surface area (Å²) in [5.74, 6) is 0.894. The van der Waals surface area contributed by atoms with E-state index in [0.717, 1.165) is 18.6 Å². The average Bonchev–Trinajstić information content (AvgIpc) is 2.77. The molecule has 4 rings (SSSR count). The van der Waals surface area contributed by atoms with Crippen molar-refractivity contribution in [2.75, 3.05) is 12.0 Å². The van der Waals surface area contributed by atoms with E-state index in [1.165, 1.54) is 47.3 Å². The fourth-order valence-electron chi connectivity index (χ4n) is 4.21. The van der Waals surface area contributed by atoms with Gasteiger partial charge in [0.15, 0.2) is 0 Å². The van der Waals surface area contributed by atoms with Crippen LogP contribution in [0.25, 0.3) is 0 Å². The van der Waals surface area contributed by atoms with Crippen LogP contribution in [0.15, 0.2) is 72.8 Å². The molecule has 144 valence electrons. The predicted octanol–water partition coefficient (Wildman–Crippen LogP) is 6.86. The molecule has 0 saturated heterocycles. The molecule has 3 aromatic rings. The zero-order valence-corrected chi connectivity index (χ0v) is 16.9. The van der Waals surface area contributed by atoms with Crippen LogP contribution in [0.2, 0.25) is 0 Å². The molecular formula is C26H29NO. The second kappa shape index (κ2) is 8.52. The maximum absolute atomic E-state index is 5.36. The van der Waals surface area contributed by atoms with Crippen LogP contribution in [0.4, 0.5) is 11.4 Å². The van der Waals surface area contributed by atoms with E-state index in [1.807, 2.05) is 0 Å². The van der Waals surface area contributed by atoms with Gasteiger partial charge in [-0.1, -0.05) is 55.8 Å². The van der Waals surface area contributed by atoms with E-state index in [0.29, 0.717) is 6.04 Å². The third-order valence-electron chi connectivity index (χ3n) is 5.78. The molecule has 3 aromatic carbocycles. The van der Waals surface area contributed by atoms with Crippen molar-refractivity contribution in [3.05, 3.63) is 89.5 Å². The average molecular weight is 372 g/mol. The van der Waals surface area contributed by atoms with Crippen molar-refractivity contribution in [1.29, 1.82) is 0 Å². The van der Waals surface area contributed by atoms with Crippen LogP contribution in [-0.2, 0) is 12.8 Å². The molecule has 0 fully saturated rings. The Labute approximate surface area is 168 Å². The number of unbranched alkanes of at least 4 members (excludes halogenated alkanes) is 1. The quantitative estimate of drug-likeness (QED) is 0.469. The van der Waals surface area contributed by atoms with Crippen molar-refractivity contribution in [2.45, 2.75) is 45.1 Å². The van der Waals surface area contributed by atoms with E-state index < -0.39 is 0 Å². The molecule has 0 aliphatic carbocycles. The lowest BCUT2D eigenvalue weighted by molar-refractivity contribution is 0.415. The number of methoxy groups -OCH3 is 1. The fourth-order valence-corrected chi connectivity index (χ4v) is 4.21. The van der Waals surface area contributed by atoms with Crippen LogP contribution in [-0.4, -0.2) is 7.11 Å². The van der Waals surface area contributed by atoms with Gasteiger partial charge in [0.25, 0.3) is 0 Å². The largest absolute Gasteiger partial charge is 0.497 e. The van der Waals surface area contributed by atoms with Gasteiger partial charge in [0.05, 0.1) is 13.2 Å². The lowest BCUT2D eigenvalue weighted by Crippen LogP contribution is -2.29. The molecule has 1 unspecified atom stereocenters. The first-order valence-corrected chi connectivity index (χ1v) is 10.4. The van der Waals surface area contributed by atoms with Crippen LogP contribution < -0.4 is 9.64 Å². The van der Waals surface area contributed by atoms with Crippen LogP contribution in [0.5, 0.6) is 5.75 Å². The van der Waals surface area contributed by atoms with E-state index in [9.17, 15) is 0 Å². The fraction of sp³-hybridized carbons (Fsp3) is 0.308. The van der Waals surface area contributed by atoms with Crippen molar-refractivity contribution >= 4 is 11.4 Å². The SMILES string of the molecule is CCCCc1ccc(C2CCc3ccccc3N2c2ccc(OC)cc2)cc1. The lowest BCUT2D eigenvalue weighted by Gasteiger charge is -2.39. The molecule has 0 radical (unpaired) electrons. The first-order chi connectivity index (χ1) is 13.8. The van der Waals surface area contributed by atoms with Crippen LogP contribution in [0.1, 0.15) is 48.9 Å². The Bertz CT molecular complexity index is 898. The number of hydrogen-bond donors (Lipinski definition) is 0. The Hall–Kier alpha value is -2.74. The van der Waals surface area contributed by atoms with Crippen molar-refractivity contribution in [3.8, 4) is 5.75 Å². The smallest absolute Gasteiger partial charge is 0.119 e. The Morgan fingerprint density at radius 1 is 0.929 bits per heavy atom. The molecule has 0 amide bonds. The maximum Gasteiger partial charge on any atom is 0.119 e. The molecule has 0 N–H and O–H groups in total. The van der Waals surface area contributed by atoms with Gasteiger partial charge in [-0.25, -0.2) is 0 Å². The minimum atomic E-state index is 0.350. The molecule has 1 atom stereocenters. The summed E-state index contributed by atoms with van der Waals surface area (Å²) in [6.45, 7) is 2.25. The van der Waals surface area contributed by atoms with E-state index >= 15 is 0 Å². The number of benzene rings is 3. The molecule has 1 heterocycles. The molecule has 0 aromatic heterocycles. The first-order valence-electron chi connectivity index (χ1n) is 10.4. The Balaban J connectivity index is 1.70. The standard InChI is InChI=1S/C26H29NO/c1-3-4-7-20-10-12-22(13-11-20)26-19-14-21-8-5-6-9-25(21)27(26)23-15-17-24(28-2)18-16-23/h5-6,8-13,15-18,26H,3-4,7,14,19H2,1-2H3. The van der Waals surface area contributed by atoms with Gasteiger partial charge in [-0.05, 0) is 72.7 Å². The van der Waals surface area contributed by atoms with Crippen LogP contribution in [0, 0.1) is 0 Å². The minimum absolute atomic E-state index is 0.350. The molecule has 0 bridgehead atoms. The monoisotopic (exact) mass is 371 g/mol. The maximum atomic E-state index is 5.36. The van der Waals surface area contributed by atoms with Crippen LogP contribution in [0.3, 0.4) is 0 Å². The molecular weight excluding hydrogens is 342 g/mol. The summed E-state index contributed by atoms with van der Waals surface area (Å²) in [4.78, 5) is 2.50. The zero-order valence-electron chi connectivity index (χ0n) is 16.9. The number of para-hydroxylation sites is 1. The molecule has 1 aliphatic rings. The Morgan fingerprint density at radius 3 is 2.39 bits per heavy atom. The molecule has 1 aliphatic heterocycles. The van der Waals surface area contributed by atoms with Gasteiger partial charge in [0.2, 0.25) is 0 Å². The highest BCUT2D eigenvalue weighted by atomic mass is 16.5. The number of rotatable bonds is 6. The van der Waals surface area contributed by atoms with Gasteiger partial charge in [-0.15, -0.1) is 0 Å². The van der Waals surface area contributed by atoms with Gasteiger partial charge >= 0.3 is 0 Å². The summed E-state index contributed by atoms with van der Waals surface area (Å²) in [5.41, 5.74) is 6.80. The summed E-state index contributed by atoms with van der Waals surface area (Å²) >= 11 is 0. The summed E-state index contributed by atoms with van der Waals surface area (Å²) in [7, 11) is 1.72. The second-order valence-electron chi connectivity index (χ2n) is 7.60. The zero-order chi connectivity index (χ0) is 19.3. The summed E-state index contributed by atoms with van der Waals surface area (Å²) in [5, 5.41) is 0. The van der Waals surface area contributed by atoms with Crippen molar-refractivity contribution in [1.82, 2.24) is 0 Å². The summed E-state index contributed by atoms with van der Waals surface area (Å²) < 4.78 is 5.36. The van der Waals surface area contributed by atoms with Crippen molar-refractivity contribution in [2.24, 2.45) is 0 Å².